The van der Waals surface area contributed by atoms with E-state index in [1.54, 1.807) is 11.9 Å². The number of benzene rings is 2. The Bertz CT molecular complexity index is 643. The van der Waals surface area contributed by atoms with E-state index in [2.05, 4.69) is 17.4 Å². The molecule has 0 aromatic heterocycles. The molecule has 1 aliphatic rings. The number of carbonyl (C=O) groups excluding carboxylic acids is 1. The van der Waals surface area contributed by atoms with Gasteiger partial charge in [0.2, 0.25) is 0 Å². The number of para-hydroxylation sites is 1. The standard InChI is InChI=1S/C18H20N2O2/c1-20(18(21)22-13-14-7-3-2-4-8-14)16-11-15-9-5-6-10-17(15)19-12-16/h2-10,16,19H,11-13H2,1H3/t16-/m0/s1. The van der Waals surface area contributed by atoms with Gasteiger partial charge in [-0.3, -0.25) is 0 Å². The van der Waals surface area contributed by atoms with Crippen LogP contribution in [0.3, 0.4) is 0 Å². The number of rotatable bonds is 3. The Morgan fingerprint density at radius 1 is 1.18 bits per heavy atom. The van der Waals surface area contributed by atoms with Crippen LogP contribution in [0.1, 0.15) is 11.1 Å². The molecular weight excluding hydrogens is 276 g/mol. The lowest BCUT2D eigenvalue weighted by Crippen LogP contribution is -2.45. The first-order valence-electron chi connectivity index (χ1n) is 7.49. The quantitative estimate of drug-likeness (QED) is 0.945. The van der Waals surface area contributed by atoms with Gasteiger partial charge >= 0.3 is 6.09 Å². The largest absolute Gasteiger partial charge is 0.445 e. The molecule has 4 nitrogen and oxygen atoms in total. The average molecular weight is 296 g/mol. The number of hydrogen-bond acceptors (Lipinski definition) is 3. The van der Waals surface area contributed by atoms with Crippen molar-refractivity contribution < 1.29 is 9.53 Å². The van der Waals surface area contributed by atoms with E-state index in [4.69, 9.17) is 4.74 Å². The molecule has 2 aromatic rings. The summed E-state index contributed by atoms with van der Waals surface area (Å²) in [4.78, 5) is 13.9. The molecule has 4 heteroatoms. The lowest BCUT2D eigenvalue weighted by atomic mass is 9.99. The molecule has 22 heavy (non-hydrogen) atoms. The van der Waals surface area contributed by atoms with Crippen molar-refractivity contribution in [3.63, 3.8) is 0 Å². The zero-order valence-electron chi connectivity index (χ0n) is 12.7. The molecule has 0 aliphatic carbocycles. The second kappa shape index (κ2) is 6.52. The van der Waals surface area contributed by atoms with Crippen molar-refractivity contribution in [2.75, 3.05) is 18.9 Å². The Hall–Kier alpha value is -2.49. The Morgan fingerprint density at radius 3 is 2.73 bits per heavy atom. The first-order valence-corrected chi connectivity index (χ1v) is 7.49. The van der Waals surface area contributed by atoms with Crippen LogP contribution in [0, 0.1) is 0 Å². The molecule has 1 heterocycles. The van der Waals surface area contributed by atoms with Gasteiger partial charge in [0.15, 0.2) is 0 Å². The van der Waals surface area contributed by atoms with Gasteiger partial charge in [0.25, 0.3) is 0 Å². The van der Waals surface area contributed by atoms with Crippen molar-refractivity contribution in [2.45, 2.75) is 19.1 Å². The predicted molar refractivity (Wildman–Crippen MR) is 86.8 cm³/mol. The van der Waals surface area contributed by atoms with Crippen LogP contribution in [-0.2, 0) is 17.8 Å². The summed E-state index contributed by atoms with van der Waals surface area (Å²) < 4.78 is 5.39. The summed E-state index contributed by atoms with van der Waals surface area (Å²) in [6.07, 6.45) is 0.565. The van der Waals surface area contributed by atoms with Crippen molar-refractivity contribution in [3.8, 4) is 0 Å². The normalized spacial score (nSPS) is 16.3. The number of fused-ring (bicyclic) bond motifs is 1. The monoisotopic (exact) mass is 296 g/mol. The number of carbonyl (C=O) groups is 1. The zero-order valence-corrected chi connectivity index (χ0v) is 12.7. The molecule has 0 fully saturated rings. The van der Waals surface area contributed by atoms with Crippen LogP contribution in [-0.4, -0.2) is 30.6 Å². The van der Waals surface area contributed by atoms with Gasteiger partial charge in [0, 0.05) is 19.3 Å². The first kappa shape index (κ1) is 14.4. The summed E-state index contributed by atoms with van der Waals surface area (Å²) in [6.45, 7) is 1.05. The van der Waals surface area contributed by atoms with Gasteiger partial charge in [0.05, 0.1) is 6.04 Å². The number of nitrogens with one attached hydrogen (secondary N) is 1. The Morgan fingerprint density at radius 2 is 1.91 bits per heavy atom. The van der Waals surface area contributed by atoms with Crippen molar-refractivity contribution >= 4 is 11.8 Å². The molecule has 1 aliphatic heterocycles. The number of anilines is 1. The highest BCUT2D eigenvalue weighted by Crippen LogP contribution is 2.23. The van der Waals surface area contributed by atoms with E-state index in [1.165, 1.54) is 5.56 Å². The molecule has 0 saturated carbocycles. The fourth-order valence-corrected chi connectivity index (χ4v) is 2.67. The molecule has 0 radical (unpaired) electrons. The molecule has 0 unspecified atom stereocenters. The lowest BCUT2D eigenvalue weighted by molar-refractivity contribution is 0.0921. The minimum Gasteiger partial charge on any atom is -0.445 e. The van der Waals surface area contributed by atoms with Crippen LogP contribution in [0.2, 0.25) is 0 Å². The third-order valence-corrected chi connectivity index (χ3v) is 4.04. The van der Waals surface area contributed by atoms with Crippen LogP contribution in [0.5, 0.6) is 0 Å². The van der Waals surface area contributed by atoms with E-state index in [0.29, 0.717) is 6.61 Å². The Balaban J connectivity index is 1.57. The Labute approximate surface area is 130 Å². The maximum absolute atomic E-state index is 12.2. The van der Waals surface area contributed by atoms with Crippen molar-refractivity contribution in [1.82, 2.24) is 4.90 Å². The van der Waals surface area contributed by atoms with E-state index in [-0.39, 0.29) is 12.1 Å². The number of nitrogens with zero attached hydrogens (tertiary/aromatic N) is 1. The molecular formula is C18H20N2O2. The predicted octanol–water partition coefficient (Wildman–Crippen LogP) is 3.29. The first-order chi connectivity index (χ1) is 10.7. The summed E-state index contributed by atoms with van der Waals surface area (Å²) in [6, 6.07) is 18.0. The van der Waals surface area contributed by atoms with Crippen molar-refractivity contribution in [1.29, 1.82) is 0 Å². The minimum atomic E-state index is -0.282. The lowest BCUT2D eigenvalue weighted by Gasteiger charge is -2.32. The molecule has 0 saturated heterocycles. The smallest absolute Gasteiger partial charge is 0.410 e. The van der Waals surface area contributed by atoms with Gasteiger partial charge in [-0.2, -0.15) is 0 Å². The maximum atomic E-state index is 12.2. The molecule has 0 spiro atoms. The van der Waals surface area contributed by atoms with E-state index in [9.17, 15) is 4.79 Å². The molecule has 1 amide bonds. The van der Waals surface area contributed by atoms with E-state index >= 15 is 0 Å². The second-order valence-electron chi connectivity index (χ2n) is 5.55. The van der Waals surface area contributed by atoms with Gasteiger partial charge in [-0.05, 0) is 23.6 Å². The summed E-state index contributed by atoms with van der Waals surface area (Å²) in [5.41, 5.74) is 3.39. The summed E-state index contributed by atoms with van der Waals surface area (Å²) in [5, 5.41) is 3.37. The average Bonchev–Trinajstić information content (AvgIpc) is 2.59. The van der Waals surface area contributed by atoms with E-state index in [0.717, 1.165) is 24.2 Å². The van der Waals surface area contributed by atoms with Gasteiger partial charge in [-0.25, -0.2) is 4.79 Å². The molecule has 3 rings (SSSR count). The number of likely N-dealkylation sites (N-methyl/N-ethyl adjacent to an activating group) is 1. The highest BCUT2D eigenvalue weighted by atomic mass is 16.6. The third-order valence-electron chi connectivity index (χ3n) is 4.04. The van der Waals surface area contributed by atoms with E-state index < -0.39 is 0 Å². The van der Waals surface area contributed by atoms with Gasteiger partial charge in [0.1, 0.15) is 6.61 Å². The second-order valence-corrected chi connectivity index (χ2v) is 5.55. The van der Waals surface area contributed by atoms with Crippen LogP contribution in [0.25, 0.3) is 0 Å². The molecule has 1 atom stereocenters. The third kappa shape index (κ3) is 3.22. The van der Waals surface area contributed by atoms with Gasteiger partial charge in [-0.15, -0.1) is 0 Å². The zero-order chi connectivity index (χ0) is 15.4. The molecule has 114 valence electrons. The minimum absolute atomic E-state index is 0.109. The summed E-state index contributed by atoms with van der Waals surface area (Å²) in [5.74, 6) is 0. The summed E-state index contributed by atoms with van der Waals surface area (Å²) in [7, 11) is 1.80. The van der Waals surface area contributed by atoms with E-state index in [1.807, 2.05) is 42.5 Å². The maximum Gasteiger partial charge on any atom is 0.410 e. The van der Waals surface area contributed by atoms with Gasteiger partial charge in [-0.1, -0.05) is 48.5 Å². The number of hydrogen-bond donors (Lipinski definition) is 1. The van der Waals surface area contributed by atoms with Gasteiger partial charge < -0.3 is 15.0 Å². The van der Waals surface area contributed by atoms with Crippen LogP contribution in [0.15, 0.2) is 54.6 Å². The highest BCUT2D eigenvalue weighted by Gasteiger charge is 2.25. The SMILES string of the molecule is CN(C(=O)OCc1ccccc1)[C@@H]1CNc2ccccc2C1. The fourth-order valence-electron chi connectivity index (χ4n) is 2.67. The molecule has 2 aromatic carbocycles. The van der Waals surface area contributed by atoms with Crippen LogP contribution >= 0.6 is 0 Å². The van der Waals surface area contributed by atoms with Crippen LogP contribution < -0.4 is 5.32 Å². The van der Waals surface area contributed by atoms with Crippen LogP contribution in [0.4, 0.5) is 10.5 Å². The Kier molecular flexibility index (Phi) is 4.28. The summed E-state index contributed by atoms with van der Waals surface area (Å²) >= 11 is 0. The topological polar surface area (TPSA) is 41.6 Å². The molecule has 1 N–H and O–H groups in total. The number of ether oxygens (including phenoxy) is 1. The van der Waals surface area contributed by atoms with Crippen molar-refractivity contribution in [3.05, 3.63) is 65.7 Å². The molecule has 0 bridgehead atoms. The highest BCUT2D eigenvalue weighted by molar-refractivity contribution is 5.68. The fraction of sp³-hybridized carbons (Fsp3) is 0.278. The van der Waals surface area contributed by atoms with Crippen molar-refractivity contribution in [2.24, 2.45) is 0 Å². The number of amides is 1.